The van der Waals surface area contributed by atoms with Crippen molar-refractivity contribution in [3.8, 4) is 0 Å². The van der Waals surface area contributed by atoms with Gasteiger partial charge in [-0.15, -0.1) is 0 Å². The largest absolute Gasteiger partial charge is 0.399 e. The fourth-order valence-corrected chi connectivity index (χ4v) is 4.17. The Bertz CT molecular complexity index is 773. The van der Waals surface area contributed by atoms with E-state index in [0.717, 1.165) is 11.1 Å². The van der Waals surface area contributed by atoms with E-state index in [1.807, 2.05) is 26.0 Å². The zero-order valence-electron chi connectivity index (χ0n) is 11.9. The molecule has 0 radical (unpaired) electrons. The van der Waals surface area contributed by atoms with Gasteiger partial charge >= 0.3 is 0 Å². The minimum absolute atomic E-state index is 0.220. The molecule has 0 aliphatic heterocycles. The molecule has 0 spiro atoms. The van der Waals surface area contributed by atoms with Crippen molar-refractivity contribution >= 4 is 37.3 Å². The Labute approximate surface area is 133 Å². The van der Waals surface area contributed by atoms with Crippen LogP contribution in [0.15, 0.2) is 45.8 Å². The molecule has 0 bridgehead atoms. The third-order valence-electron chi connectivity index (χ3n) is 3.13. The molecule has 6 heteroatoms. The van der Waals surface area contributed by atoms with Gasteiger partial charge in [0.15, 0.2) is 0 Å². The number of aryl methyl sites for hydroxylation is 2. The predicted molar refractivity (Wildman–Crippen MR) is 89.9 cm³/mol. The van der Waals surface area contributed by atoms with Crippen molar-refractivity contribution < 1.29 is 8.42 Å². The summed E-state index contributed by atoms with van der Waals surface area (Å²) in [6, 6.07) is 10.4. The lowest BCUT2D eigenvalue weighted by atomic mass is 10.1. The first kappa shape index (κ1) is 15.9. The summed E-state index contributed by atoms with van der Waals surface area (Å²) in [7, 11) is -3.67. The number of anilines is 2. The highest BCUT2D eigenvalue weighted by atomic mass is 79.9. The van der Waals surface area contributed by atoms with Gasteiger partial charge in [0.05, 0.1) is 10.6 Å². The molecule has 21 heavy (non-hydrogen) atoms. The number of nitrogens with one attached hydrogen (secondary N) is 1. The molecule has 3 N–H and O–H groups in total. The summed E-state index contributed by atoms with van der Waals surface area (Å²) in [6.45, 7) is 3.85. The molecule has 2 aromatic rings. The van der Waals surface area contributed by atoms with E-state index >= 15 is 0 Å². The molecule has 0 saturated heterocycles. The normalized spacial score (nSPS) is 11.4. The maximum Gasteiger partial charge on any atom is 0.262 e. The molecule has 0 atom stereocenters. The second kappa shape index (κ2) is 6.07. The maximum atomic E-state index is 12.6. The van der Waals surface area contributed by atoms with Crippen LogP contribution in [-0.4, -0.2) is 8.42 Å². The van der Waals surface area contributed by atoms with E-state index in [-0.39, 0.29) is 4.90 Å². The van der Waals surface area contributed by atoms with Gasteiger partial charge < -0.3 is 5.73 Å². The van der Waals surface area contributed by atoms with Gasteiger partial charge in [0.1, 0.15) is 0 Å². The molecule has 4 nitrogen and oxygen atoms in total. The summed E-state index contributed by atoms with van der Waals surface area (Å²) in [4.78, 5) is 0.220. The van der Waals surface area contributed by atoms with Crippen molar-refractivity contribution in [2.75, 3.05) is 10.5 Å². The molecule has 2 rings (SSSR count). The van der Waals surface area contributed by atoms with Gasteiger partial charge in [-0.25, -0.2) is 8.42 Å². The number of halogens is 1. The average molecular weight is 369 g/mol. The van der Waals surface area contributed by atoms with Gasteiger partial charge in [-0.1, -0.05) is 19.1 Å². The van der Waals surface area contributed by atoms with Crippen LogP contribution in [0.2, 0.25) is 0 Å². The molecule has 0 saturated carbocycles. The van der Waals surface area contributed by atoms with Crippen molar-refractivity contribution in [1.82, 2.24) is 0 Å². The summed E-state index contributed by atoms with van der Waals surface area (Å²) in [5.74, 6) is 0. The summed E-state index contributed by atoms with van der Waals surface area (Å²) >= 11 is 3.37. The number of rotatable bonds is 4. The number of sulfonamides is 1. The smallest absolute Gasteiger partial charge is 0.262 e. The van der Waals surface area contributed by atoms with Crippen LogP contribution in [0.3, 0.4) is 0 Å². The zero-order chi connectivity index (χ0) is 15.6. The van der Waals surface area contributed by atoms with Crippen LogP contribution in [0.1, 0.15) is 18.1 Å². The molecular weight excluding hydrogens is 352 g/mol. The van der Waals surface area contributed by atoms with Crippen LogP contribution in [-0.2, 0) is 16.4 Å². The number of nitrogen functional groups attached to an aromatic ring is 1. The van der Waals surface area contributed by atoms with Crippen LogP contribution in [0, 0.1) is 6.92 Å². The van der Waals surface area contributed by atoms with Gasteiger partial charge in [-0.05, 0) is 64.7 Å². The second-order valence-electron chi connectivity index (χ2n) is 4.81. The van der Waals surface area contributed by atoms with E-state index in [4.69, 9.17) is 5.73 Å². The van der Waals surface area contributed by atoms with Crippen LogP contribution >= 0.6 is 15.9 Å². The topological polar surface area (TPSA) is 72.2 Å². The predicted octanol–water partition coefficient (Wildman–Crippen LogP) is 3.70. The van der Waals surface area contributed by atoms with E-state index in [2.05, 4.69) is 20.7 Å². The van der Waals surface area contributed by atoms with E-state index < -0.39 is 10.0 Å². The molecule has 0 fully saturated rings. The number of hydrogen-bond donors (Lipinski definition) is 2. The van der Waals surface area contributed by atoms with Crippen molar-refractivity contribution in [2.45, 2.75) is 25.2 Å². The SMILES string of the molecule is CCc1ccc(N)cc1S(=O)(=O)Nc1ccc(C)cc1Br. The van der Waals surface area contributed by atoms with Gasteiger partial charge in [0.25, 0.3) is 10.0 Å². The molecule has 112 valence electrons. The lowest BCUT2D eigenvalue weighted by Gasteiger charge is -2.13. The first-order chi connectivity index (χ1) is 9.83. The number of hydrogen-bond acceptors (Lipinski definition) is 3. The summed E-state index contributed by atoms with van der Waals surface area (Å²) in [6.07, 6.45) is 0.617. The van der Waals surface area contributed by atoms with Crippen LogP contribution in [0.5, 0.6) is 0 Å². The van der Waals surface area contributed by atoms with Crippen molar-refractivity contribution in [2.24, 2.45) is 0 Å². The molecule has 0 aliphatic rings. The van der Waals surface area contributed by atoms with Crippen LogP contribution < -0.4 is 10.5 Å². The quantitative estimate of drug-likeness (QED) is 0.808. The minimum Gasteiger partial charge on any atom is -0.399 e. The van der Waals surface area contributed by atoms with E-state index in [9.17, 15) is 8.42 Å². The minimum atomic E-state index is -3.67. The number of benzene rings is 2. The van der Waals surface area contributed by atoms with Gasteiger partial charge in [-0.3, -0.25) is 4.72 Å². The van der Waals surface area contributed by atoms with Crippen molar-refractivity contribution in [1.29, 1.82) is 0 Å². The first-order valence-corrected chi connectivity index (χ1v) is 8.78. The fraction of sp³-hybridized carbons (Fsp3) is 0.200. The summed E-state index contributed by atoms with van der Waals surface area (Å²) < 4.78 is 28.5. The Kier molecular flexibility index (Phi) is 4.58. The molecule has 0 aromatic heterocycles. The van der Waals surface area contributed by atoms with Gasteiger partial charge in [-0.2, -0.15) is 0 Å². The highest BCUT2D eigenvalue weighted by Crippen LogP contribution is 2.28. The van der Waals surface area contributed by atoms with Gasteiger partial charge in [0.2, 0.25) is 0 Å². The van der Waals surface area contributed by atoms with E-state index in [0.29, 0.717) is 22.3 Å². The maximum absolute atomic E-state index is 12.6. The third-order valence-corrected chi connectivity index (χ3v) is 5.23. The Morgan fingerprint density at radius 3 is 2.52 bits per heavy atom. The van der Waals surface area contributed by atoms with Crippen molar-refractivity contribution in [3.63, 3.8) is 0 Å². The molecule has 0 aliphatic carbocycles. The van der Waals surface area contributed by atoms with Gasteiger partial charge in [0, 0.05) is 10.2 Å². The first-order valence-electron chi connectivity index (χ1n) is 6.51. The monoisotopic (exact) mass is 368 g/mol. The summed E-state index contributed by atoms with van der Waals surface area (Å²) in [5, 5.41) is 0. The van der Waals surface area contributed by atoms with Crippen LogP contribution in [0.25, 0.3) is 0 Å². The molecule has 0 unspecified atom stereocenters. The van der Waals surface area contributed by atoms with E-state index in [1.54, 1.807) is 18.2 Å². The van der Waals surface area contributed by atoms with Crippen molar-refractivity contribution in [3.05, 3.63) is 52.0 Å². The Morgan fingerprint density at radius 1 is 1.19 bits per heavy atom. The zero-order valence-corrected chi connectivity index (χ0v) is 14.3. The number of nitrogens with two attached hydrogens (primary N) is 1. The second-order valence-corrected chi connectivity index (χ2v) is 7.31. The Morgan fingerprint density at radius 2 is 1.90 bits per heavy atom. The lowest BCUT2D eigenvalue weighted by molar-refractivity contribution is 0.600. The molecule has 2 aromatic carbocycles. The average Bonchev–Trinajstić information content (AvgIpc) is 2.42. The fourth-order valence-electron chi connectivity index (χ4n) is 2.02. The molecule has 0 heterocycles. The third kappa shape index (κ3) is 3.57. The standard InChI is InChI=1S/C15H17BrN2O2S/c1-3-11-5-6-12(17)9-15(11)21(19,20)18-14-7-4-10(2)8-13(14)16/h4-9,18H,3,17H2,1-2H3. The summed E-state index contributed by atoms with van der Waals surface area (Å²) in [5.41, 5.74) is 8.43. The van der Waals surface area contributed by atoms with Crippen LogP contribution in [0.4, 0.5) is 11.4 Å². The highest BCUT2D eigenvalue weighted by Gasteiger charge is 2.19. The molecular formula is C15H17BrN2O2S. The Balaban J connectivity index is 2.45. The Hall–Kier alpha value is -1.53. The van der Waals surface area contributed by atoms with E-state index in [1.165, 1.54) is 6.07 Å². The molecule has 0 amide bonds. The highest BCUT2D eigenvalue weighted by molar-refractivity contribution is 9.10. The lowest BCUT2D eigenvalue weighted by Crippen LogP contribution is -2.15.